The molecule has 2 heteroatoms. The van der Waals surface area contributed by atoms with Crippen LogP contribution in [0, 0.1) is 0 Å². The Hall–Kier alpha value is -2.35. The van der Waals surface area contributed by atoms with Crippen LogP contribution in [0.4, 0.5) is 5.69 Å². The largest absolute Gasteiger partial charge is 0.280 e. The van der Waals surface area contributed by atoms with E-state index in [2.05, 4.69) is 24.3 Å². The van der Waals surface area contributed by atoms with Crippen LogP contribution in [0.5, 0.6) is 0 Å². The number of anilines is 1. The van der Waals surface area contributed by atoms with Gasteiger partial charge in [0.05, 0.1) is 11.4 Å². The highest BCUT2D eigenvalue weighted by Crippen LogP contribution is 2.39. The second kappa shape index (κ2) is 3.82. The van der Waals surface area contributed by atoms with Crippen molar-refractivity contribution in [3.8, 4) is 0 Å². The Bertz CT molecular complexity index is 715. The van der Waals surface area contributed by atoms with E-state index in [-0.39, 0.29) is 5.91 Å². The summed E-state index contributed by atoms with van der Waals surface area (Å²) in [5, 5.41) is 0. The fourth-order valence-corrected chi connectivity index (χ4v) is 3.00. The maximum absolute atomic E-state index is 12.2. The SMILES string of the molecule is O=C1CC=C2c3ccccc3Cc3ccccc3N12. The van der Waals surface area contributed by atoms with Crippen molar-refractivity contribution in [2.45, 2.75) is 12.8 Å². The van der Waals surface area contributed by atoms with Gasteiger partial charge in [0.2, 0.25) is 5.91 Å². The Morgan fingerprint density at radius 3 is 2.53 bits per heavy atom. The lowest BCUT2D eigenvalue weighted by Gasteiger charge is -2.20. The summed E-state index contributed by atoms with van der Waals surface area (Å²) in [6.07, 6.45) is 3.43. The molecule has 19 heavy (non-hydrogen) atoms. The fourth-order valence-electron chi connectivity index (χ4n) is 3.00. The molecule has 0 saturated carbocycles. The topological polar surface area (TPSA) is 20.3 Å². The molecule has 0 spiro atoms. The molecule has 0 bridgehead atoms. The van der Waals surface area contributed by atoms with Crippen molar-refractivity contribution in [1.29, 1.82) is 0 Å². The summed E-state index contributed by atoms with van der Waals surface area (Å²) in [6.45, 7) is 0. The van der Waals surface area contributed by atoms with Gasteiger partial charge < -0.3 is 0 Å². The van der Waals surface area contributed by atoms with Gasteiger partial charge in [-0.1, -0.05) is 48.5 Å². The number of fused-ring (bicyclic) bond motifs is 5. The minimum atomic E-state index is 0.166. The van der Waals surface area contributed by atoms with E-state index in [0.29, 0.717) is 6.42 Å². The Morgan fingerprint density at radius 1 is 0.895 bits per heavy atom. The Balaban J connectivity index is 2.03. The van der Waals surface area contributed by atoms with Crippen molar-refractivity contribution in [2.75, 3.05) is 4.90 Å². The molecule has 92 valence electrons. The lowest BCUT2D eigenvalue weighted by molar-refractivity contribution is -0.116. The minimum Gasteiger partial charge on any atom is -0.280 e. The van der Waals surface area contributed by atoms with Gasteiger partial charge in [-0.25, -0.2) is 0 Å². The molecule has 2 aliphatic heterocycles. The third kappa shape index (κ3) is 1.46. The fraction of sp³-hybridized carbons (Fsp3) is 0.118. The summed E-state index contributed by atoms with van der Waals surface area (Å²) < 4.78 is 0. The molecule has 2 aliphatic rings. The molecule has 0 aliphatic carbocycles. The first-order valence-corrected chi connectivity index (χ1v) is 6.54. The highest BCUT2D eigenvalue weighted by molar-refractivity contribution is 6.12. The smallest absolute Gasteiger partial charge is 0.235 e. The Labute approximate surface area is 112 Å². The summed E-state index contributed by atoms with van der Waals surface area (Å²) in [4.78, 5) is 14.1. The minimum absolute atomic E-state index is 0.166. The van der Waals surface area contributed by atoms with Crippen molar-refractivity contribution < 1.29 is 4.79 Å². The molecule has 2 aromatic rings. The van der Waals surface area contributed by atoms with Crippen molar-refractivity contribution in [1.82, 2.24) is 0 Å². The van der Waals surface area contributed by atoms with Crippen LogP contribution < -0.4 is 4.90 Å². The molecule has 0 saturated heterocycles. The van der Waals surface area contributed by atoms with Gasteiger partial charge in [-0.05, 0) is 17.2 Å². The van der Waals surface area contributed by atoms with E-state index in [1.165, 1.54) is 16.7 Å². The molecule has 0 N–H and O–H groups in total. The zero-order valence-electron chi connectivity index (χ0n) is 10.5. The molecule has 2 nitrogen and oxygen atoms in total. The molecular weight excluding hydrogens is 234 g/mol. The zero-order valence-corrected chi connectivity index (χ0v) is 10.5. The summed E-state index contributed by atoms with van der Waals surface area (Å²) >= 11 is 0. The van der Waals surface area contributed by atoms with Crippen LogP contribution in [0.2, 0.25) is 0 Å². The van der Waals surface area contributed by atoms with Crippen molar-refractivity contribution in [2.24, 2.45) is 0 Å². The predicted octanol–water partition coefficient (Wildman–Crippen LogP) is 3.37. The van der Waals surface area contributed by atoms with Crippen molar-refractivity contribution in [3.05, 3.63) is 71.3 Å². The van der Waals surface area contributed by atoms with E-state index in [1.807, 2.05) is 35.2 Å². The number of carbonyl (C=O) groups is 1. The van der Waals surface area contributed by atoms with Crippen LogP contribution in [0.15, 0.2) is 54.6 Å². The monoisotopic (exact) mass is 247 g/mol. The highest BCUT2D eigenvalue weighted by Gasteiger charge is 2.31. The van der Waals surface area contributed by atoms with Gasteiger partial charge in [-0.2, -0.15) is 0 Å². The Morgan fingerprint density at radius 2 is 1.63 bits per heavy atom. The van der Waals surface area contributed by atoms with E-state index in [0.717, 1.165) is 17.8 Å². The second-order valence-electron chi connectivity index (χ2n) is 4.99. The normalized spacial score (nSPS) is 16.3. The average molecular weight is 247 g/mol. The number of carbonyl (C=O) groups excluding carboxylic acids is 1. The maximum atomic E-state index is 12.2. The molecule has 2 heterocycles. The van der Waals surface area contributed by atoms with Gasteiger partial charge in [-0.15, -0.1) is 0 Å². The van der Waals surface area contributed by atoms with Crippen molar-refractivity contribution >= 4 is 17.3 Å². The summed E-state index contributed by atoms with van der Waals surface area (Å²) in [6, 6.07) is 16.6. The van der Waals surface area contributed by atoms with Gasteiger partial charge >= 0.3 is 0 Å². The Kier molecular flexibility index (Phi) is 2.12. The van der Waals surface area contributed by atoms with Gasteiger partial charge in [0.1, 0.15) is 0 Å². The van der Waals surface area contributed by atoms with E-state index >= 15 is 0 Å². The third-order valence-electron chi connectivity index (χ3n) is 3.87. The summed E-state index contributed by atoms with van der Waals surface area (Å²) in [5.74, 6) is 0.166. The first kappa shape index (κ1) is 10.6. The first-order chi connectivity index (χ1) is 9.34. The molecule has 0 aromatic heterocycles. The van der Waals surface area contributed by atoms with E-state index in [9.17, 15) is 4.79 Å². The van der Waals surface area contributed by atoms with E-state index in [4.69, 9.17) is 0 Å². The lowest BCUT2D eigenvalue weighted by Crippen LogP contribution is -2.23. The number of nitrogens with zero attached hydrogens (tertiary/aromatic N) is 1. The van der Waals surface area contributed by atoms with Crippen LogP contribution in [-0.4, -0.2) is 5.91 Å². The first-order valence-electron chi connectivity index (χ1n) is 6.54. The number of amides is 1. The van der Waals surface area contributed by atoms with E-state index < -0.39 is 0 Å². The number of para-hydroxylation sites is 1. The number of rotatable bonds is 0. The quantitative estimate of drug-likeness (QED) is 0.699. The molecule has 0 atom stereocenters. The molecule has 2 aromatic carbocycles. The molecule has 0 unspecified atom stereocenters. The second-order valence-corrected chi connectivity index (χ2v) is 4.99. The summed E-state index contributed by atoms with van der Waals surface area (Å²) in [5.41, 5.74) is 5.77. The highest BCUT2D eigenvalue weighted by atomic mass is 16.2. The number of benzene rings is 2. The predicted molar refractivity (Wildman–Crippen MR) is 75.8 cm³/mol. The lowest BCUT2D eigenvalue weighted by atomic mass is 9.99. The van der Waals surface area contributed by atoms with Crippen LogP contribution >= 0.6 is 0 Å². The van der Waals surface area contributed by atoms with Gasteiger partial charge in [0.15, 0.2) is 0 Å². The van der Waals surface area contributed by atoms with Crippen LogP contribution in [-0.2, 0) is 11.2 Å². The van der Waals surface area contributed by atoms with Gasteiger partial charge in [0, 0.05) is 18.4 Å². The van der Waals surface area contributed by atoms with Gasteiger partial charge in [0.25, 0.3) is 0 Å². The zero-order chi connectivity index (χ0) is 12.8. The molecule has 0 radical (unpaired) electrons. The molecule has 1 amide bonds. The summed E-state index contributed by atoms with van der Waals surface area (Å²) in [7, 11) is 0. The molecule has 0 fully saturated rings. The van der Waals surface area contributed by atoms with E-state index in [1.54, 1.807) is 0 Å². The number of hydrogen-bond acceptors (Lipinski definition) is 1. The van der Waals surface area contributed by atoms with Crippen molar-refractivity contribution in [3.63, 3.8) is 0 Å². The van der Waals surface area contributed by atoms with Crippen LogP contribution in [0.3, 0.4) is 0 Å². The molecular formula is C17H13NO. The van der Waals surface area contributed by atoms with Crippen LogP contribution in [0.25, 0.3) is 5.70 Å². The average Bonchev–Trinajstić information content (AvgIpc) is 2.75. The maximum Gasteiger partial charge on any atom is 0.235 e. The van der Waals surface area contributed by atoms with Gasteiger partial charge in [-0.3, -0.25) is 9.69 Å². The molecule has 4 rings (SSSR count). The third-order valence-corrected chi connectivity index (χ3v) is 3.87. The number of hydrogen-bond donors (Lipinski definition) is 0. The van der Waals surface area contributed by atoms with Crippen LogP contribution in [0.1, 0.15) is 23.1 Å². The standard InChI is InChI=1S/C17H13NO/c19-17-10-9-16-14-7-3-1-5-12(14)11-13-6-2-4-8-15(13)18(16)17/h1-9H,10-11H2.